The van der Waals surface area contributed by atoms with E-state index in [2.05, 4.69) is 0 Å². The van der Waals surface area contributed by atoms with Crippen molar-refractivity contribution in [2.75, 3.05) is 13.7 Å². The Balaban J connectivity index is 3.05. The van der Waals surface area contributed by atoms with Gasteiger partial charge in [-0.2, -0.15) is 5.26 Å². The number of methoxy groups -OCH3 is 1. The number of hydrogen-bond acceptors (Lipinski definition) is 6. The van der Waals surface area contributed by atoms with Crippen molar-refractivity contribution in [2.24, 2.45) is 5.73 Å². The largest absolute Gasteiger partial charge is 0.448 e. The minimum absolute atomic E-state index is 0.0761. The van der Waals surface area contributed by atoms with Crippen LogP contribution in [0, 0.1) is 25.2 Å². The topological polar surface area (TPSA) is 136 Å². The lowest BCUT2D eigenvalue weighted by molar-refractivity contribution is -0.150. The highest BCUT2D eigenvalue weighted by Gasteiger charge is 2.22. The second-order valence-electron chi connectivity index (χ2n) is 6.07. The Morgan fingerprint density at radius 3 is 2.52 bits per heavy atom. The van der Waals surface area contributed by atoms with Crippen molar-refractivity contribution in [3.63, 3.8) is 0 Å². The summed E-state index contributed by atoms with van der Waals surface area (Å²) in [5.74, 6) is -1.85. The van der Waals surface area contributed by atoms with Crippen LogP contribution < -0.4 is 11.1 Å². The van der Waals surface area contributed by atoms with Gasteiger partial charge in [-0.15, -0.1) is 0 Å². The van der Waals surface area contributed by atoms with E-state index in [0.717, 1.165) is 11.4 Å². The van der Waals surface area contributed by atoms with Crippen molar-refractivity contribution in [2.45, 2.75) is 39.8 Å². The van der Waals surface area contributed by atoms with Crippen LogP contribution in [0.2, 0.25) is 0 Å². The number of amides is 3. The number of nitrogens with zero attached hydrogens (tertiary/aromatic N) is 2. The van der Waals surface area contributed by atoms with Crippen LogP contribution in [0.15, 0.2) is 11.6 Å². The van der Waals surface area contributed by atoms with Gasteiger partial charge in [0.05, 0.1) is 12.6 Å². The molecule has 0 unspecified atom stereocenters. The molecule has 0 aliphatic heterocycles. The second kappa shape index (κ2) is 9.54. The molecule has 3 amide bonds. The van der Waals surface area contributed by atoms with E-state index in [-0.39, 0.29) is 11.6 Å². The first kappa shape index (κ1) is 21.9. The van der Waals surface area contributed by atoms with Crippen molar-refractivity contribution in [1.29, 1.82) is 5.26 Å². The van der Waals surface area contributed by atoms with Crippen molar-refractivity contribution in [1.82, 2.24) is 9.88 Å². The third kappa shape index (κ3) is 5.69. The number of aromatic nitrogens is 1. The van der Waals surface area contributed by atoms with Gasteiger partial charge in [0, 0.05) is 18.5 Å². The van der Waals surface area contributed by atoms with Gasteiger partial charge >= 0.3 is 12.0 Å². The number of carbonyl (C=O) groups is 3. The van der Waals surface area contributed by atoms with E-state index < -0.39 is 24.0 Å². The summed E-state index contributed by atoms with van der Waals surface area (Å²) in [4.78, 5) is 34.5. The summed E-state index contributed by atoms with van der Waals surface area (Å²) in [5.41, 5.74) is 7.06. The van der Waals surface area contributed by atoms with Crippen molar-refractivity contribution >= 4 is 24.0 Å². The van der Waals surface area contributed by atoms with E-state index in [1.54, 1.807) is 18.5 Å². The molecule has 146 valence electrons. The van der Waals surface area contributed by atoms with Gasteiger partial charge in [0.1, 0.15) is 11.6 Å². The van der Waals surface area contributed by atoms with E-state index >= 15 is 0 Å². The number of aryl methyl sites for hydroxylation is 1. The summed E-state index contributed by atoms with van der Waals surface area (Å²) < 4.78 is 12.1. The fraction of sp³-hybridized carbons (Fsp3) is 0.444. The Hall–Kier alpha value is -3.12. The van der Waals surface area contributed by atoms with E-state index in [0.29, 0.717) is 12.2 Å². The number of ether oxygens (including phenoxy) is 2. The van der Waals surface area contributed by atoms with Crippen LogP contribution in [0.3, 0.4) is 0 Å². The molecular formula is C18H24N4O5. The Kier molecular flexibility index (Phi) is 7.75. The van der Waals surface area contributed by atoms with E-state index in [1.807, 2.05) is 31.4 Å². The number of imide groups is 1. The van der Waals surface area contributed by atoms with Crippen molar-refractivity contribution in [3.8, 4) is 6.07 Å². The maximum Gasteiger partial charge on any atom is 0.349 e. The predicted octanol–water partition coefficient (Wildman–Crippen LogP) is 1.35. The van der Waals surface area contributed by atoms with Crippen LogP contribution in [-0.4, -0.2) is 42.3 Å². The number of carbonyl (C=O) groups excluding carboxylic acids is 3. The van der Waals surface area contributed by atoms with Gasteiger partial charge in [-0.05, 0) is 45.4 Å². The number of primary amides is 1. The predicted molar refractivity (Wildman–Crippen MR) is 97.4 cm³/mol. The zero-order chi connectivity index (χ0) is 20.7. The molecule has 0 saturated carbocycles. The first-order chi connectivity index (χ1) is 12.6. The maximum absolute atomic E-state index is 12.2. The highest BCUT2D eigenvalue weighted by Crippen LogP contribution is 2.23. The average Bonchev–Trinajstić information content (AvgIpc) is 2.85. The number of rotatable bonds is 7. The molecule has 1 aromatic rings. The number of urea groups is 1. The van der Waals surface area contributed by atoms with E-state index in [9.17, 15) is 19.6 Å². The molecule has 9 heteroatoms. The third-order valence-electron chi connectivity index (χ3n) is 3.91. The summed E-state index contributed by atoms with van der Waals surface area (Å²) in [6.07, 6.45) is 0.121. The minimum atomic E-state index is -1.28. The summed E-state index contributed by atoms with van der Waals surface area (Å²) in [6, 6.07) is 2.63. The molecular weight excluding hydrogens is 352 g/mol. The molecule has 0 spiro atoms. The molecule has 1 heterocycles. The summed E-state index contributed by atoms with van der Waals surface area (Å²) in [7, 11) is 1.62. The molecule has 3 N–H and O–H groups in total. The number of hydrogen-bond donors (Lipinski definition) is 2. The van der Waals surface area contributed by atoms with Crippen molar-refractivity contribution < 1.29 is 23.9 Å². The zero-order valence-corrected chi connectivity index (χ0v) is 16.0. The van der Waals surface area contributed by atoms with Crippen LogP contribution >= 0.6 is 0 Å². The molecule has 0 bridgehead atoms. The fourth-order valence-corrected chi connectivity index (χ4v) is 2.74. The second-order valence-corrected chi connectivity index (χ2v) is 6.07. The van der Waals surface area contributed by atoms with Gasteiger partial charge in [-0.1, -0.05) is 0 Å². The van der Waals surface area contributed by atoms with E-state index in [4.69, 9.17) is 15.2 Å². The number of esters is 1. The smallest absolute Gasteiger partial charge is 0.349 e. The molecule has 1 rings (SSSR count). The molecule has 0 aliphatic rings. The van der Waals surface area contributed by atoms with Crippen LogP contribution in [0.1, 0.15) is 36.8 Å². The highest BCUT2D eigenvalue weighted by molar-refractivity contribution is 6.01. The van der Waals surface area contributed by atoms with Gasteiger partial charge in [-0.25, -0.2) is 9.59 Å². The lowest BCUT2D eigenvalue weighted by atomic mass is 10.1. The van der Waals surface area contributed by atoms with Crippen LogP contribution in [-0.2, 0) is 19.1 Å². The monoisotopic (exact) mass is 376 g/mol. The molecule has 9 nitrogen and oxygen atoms in total. The van der Waals surface area contributed by atoms with Gasteiger partial charge in [0.15, 0.2) is 6.10 Å². The van der Waals surface area contributed by atoms with E-state index in [1.165, 1.54) is 13.0 Å². The fourth-order valence-electron chi connectivity index (χ4n) is 2.74. The normalized spacial score (nSPS) is 13.4. The summed E-state index contributed by atoms with van der Waals surface area (Å²) >= 11 is 0. The zero-order valence-electron chi connectivity index (χ0n) is 16.0. The van der Waals surface area contributed by atoms with Crippen LogP contribution in [0.25, 0.3) is 6.08 Å². The average molecular weight is 376 g/mol. The molecule has 27 heavy (non-hydrogen) atoms. The standard InChI is InChI=1S/C18H24N4O5/c1-10-6-14(12(3)22(10)11(2)9-26-5)7-15(8-19)17(24)27-13(4)16(23)21-18(20)25/h6-7,11,13H,9H2,1-5H3,(H3,20,21,23,25)/b15-7+/t11-,13+/m0/s1. The molecule has 0 fully saturated rings. The highest BCUT2D eigenvalue weighted by atomic mass is 16.5. The number of nitrogens with one attached hydrogen (secondary N) is 1. The molecule has 0 aromatic carbocycles. The Morgan fingerprint density at radius 2 is 2.00 bits per heavy atom. The third-order valence-corrected chi connectivity index (χ3v) is 3.91. The van der Waals surface area contributed by atoms with Gasteiger partial charge in [0.2, 0.25) is 0 Å². The molecule has 1 aromatic heterocycles. The summed E-state index contributed by atoms with van der Waals surface area (Å²) in [6.45, 7) is 7.56. The molecule has 0 aliphatic carbocycles. The Labute approximate surface area is 157 Å². The quantitative estimate of drug-likeness (QED) is 0.419. The summed E-state index contributed by atoms with van der Waals surface area (Å²) in [5, 5.41) is 11.1. The van der Waals surface area contributed by atoms with Crippen molar-refractivity contribution in [3.05, 3.63) is 28.6 Å². The van der Waals surface area contributed by atoms with Gasteiger partial charge < -0.3 is 19.8 Å². The molecule has 0 saturated heterocycles. The number of nitrogens with two attached hydrogens (primary N) is 1. The lowest BCUT2D eigenvalue weighted by Gasteiger charge is -2.17. The van der Waals surface area contributed by atoms with Gasteiger partial charge in [0.25, 0.3) is 5.91 Å². The molecule has 2 atom stereocenters. The lowest BCUT2D eigenvalue weighted by Crippen LogP contribution is -2.42. The maximum atomic E-state index is 12.2. The van der Waals surface area contributed by atoms with Crippen LogP contribution in [0.4, 0.5) is 4.79 Å². The Bertz CT molecular complexity index is 803. The first-order valence-electron chi connectivity index (χ1n) is 8.22. The SMILES string of the molecule is COC[C@H](C)n1c(C)cc(/C=C(\C#N)C(=O)O[C@H](C)C(=O)NC(N)=O)c1C. The Morgan fingerprint density at radius 1 is 1.37 bits per heavy atom. The van der Waals surface area contributed by atoms with Crippen LogP contribution in [0.5, 0.6) is 0 Å². The van der Waals surface area contributed by atoms with Gasteiger partial charge in [-0.3, -0.25) is 10.1 Å². The minimum Gasteiger partial charge on any atom is -0.448 e. The number of nitriles is 1. The first-order valence-corrected chi connectivity index (χ1v) is 8.22. The molecule has 0 radical (unpaired) electrons.